The topological polar surface area (TPSA) is 111 Å². The van der Waals surface area contributed by atoms with Gasteiger partial charge in [-0.15, -0.1) is 0 Å². The molecule has 0 aliphatic heterocycles. The molecule has 35 heavy (non-hydrogen) atoms. The number of hydrogen-bond acceptors (Lipinski definition) is 6. The Hall–Kier alpha value is -3.85. The third kappa shape index (κ3) is 6.39. The molecule has 1 fully saturated rings. The van der Waals surface area contributed by atoms with Crippen LogP contribution in [-0.2, 0) is 19.6 Å². The lowest BCUT2D eigenvalue weighted by molar-refractivity contribution is -0.130. The molecule has 0 saturated heterocycles. The van der Waals surface area contributed by atoms with Gasteiger partial charge in [0.1, 0.15) is 5.75 Å². The van der Waals surface area contributed by atoms with E-state index in [-0.39, 0.29) is 28.1 Å². The van der Waals surface area contributed by atoms with Gasteiger partial charge in [0.25, 0.3) is 15.9 Å². The maximum absolute atomic E-state index is 12.8. The fraction of sp³-hybridized carbons (Fsp3) is 0.231. The van der Waals surface area contributed by atoms with Crippen molar-refractivity contribution in [3.63, 3.8) is 0 Å². The lowest BCUT2D eigenvalue weighted by atomic mass is 10.1. The zero-order valence-corrected chi connectivity index (χ0v) is 20.0. The number of sulfonamides is 1. The summed E-state index contributed by atoms with van der Waals surface area (Å²) in [6, 6.07) is 20.8. The molecule has 0 bridgehead atoms. The maximum atomic E-state index is 12.8. The molecule has 9 heteroatoms. The molecule has 182 valence electrons. The Bertz CT molecular complexity index is 1270. The highest BCUT2D eigenvalue weighted by molar-refractivity contribution is 7.92. The summed E-state index contributed by atoms with van der Waals surface area (Å²) in [4.78, 5) is 25.6. The Balaban J connectivity index is 1.44. The van der Waals surface area contributed by atoms with Gasteiger partial charge < -0.3 is 14.8 Å². The number of esters is 1. The zero-order chi connectivity index (χ0) is 24.8. The average molecular weight is 495 g/mol. The van der Waals surface area contributed by atoms with Crippen LogP contribution >= 0.6 is 0 Å². The van der Waals surface area contributed by atoms with Crippen LogP contribution in [0.15, 0.2) is 83.8 Å². The number of anilines is 1. The SMILES string of the molecule is CCOc1ccc(S(=O)(=O)Nc2ccc(C(=O)OC(C(=O)NC3CC3)c3ccccc3)cc2)cc1. The minimum absolute atomic E-state index is 0.0804. The molecule has 3 aromatic carbocycles. The predicted molar refractivity (Wildman–Crippen MR) is 131 cm³/mol. The van der Waals surface area contributed by atoms with Gasteiger partial charge in [0, 0.05) is 17.3 Å². The Morgan fingerprint density at radius 1 is 0.943 bits per heavy atom. The van der Waals surface area contributed by atoms with E-state index in [1.54, 1.807) is 36.4 Å². The molecule has 1 amide bonds. The highest BCUT2D eigenvalue weighted by Gasteiger charge is 2.31. The summed E-state index contributed by atoms with van der Waals surface area (Å²) in [7, 11) is -3.82. The third-order valence-electron chi connectivity index (χ3n) is 5.31. The van der Waals surface area contributed by atoms with E-state index in [4.69, 9.17) is 9.47 Å². The van der Waals surface area contributed by atoms with Crippen LogP contribution in [0, 0.1) is 0 Å². The summed E-state index contributed by atoms with van der Waals surface area (Å²) < 4.78 is 38.7. The highest BCUT2D eigenvalue weighted by atomic mass is 32.2. The molecule has 0 radical (unpaired) electrons. The van der Waals surface area contributed by atoms with Gasteiger partial charge in [0.15, 0.2) is 0 Å². The minimum Gasteiger partial charge on any atom is -0.494 e. The van der Waals surface area contributed by atoms with E-state index >= 15 is 0 Å². The molecule has 1 saturated carbocycles. The van der Waals surface area contributed by atoms with E-state index in [2.05, 4.69) is 10.0 Å². The van der Waals surface area contributed by atoms with E-state index in [1.165, 1.54) is 36.4 Å². The Morgan fingerprint density at radius 3 is 2.20 bits per heavy atom. The first kappa shape index (κ1) is 24.3. The van der Waals surface area contributed by atoms with Crippen LogP contribution < -0.4 is 14.8 Å². The van der Waals surface area contributed by atoms with Crippen molar-refractivity contribution in [3.05, 3.63) is 90.0 Å². The molecule has 8 nitrogen and oxygen atoms in total. The number of rotatable bonds is 10. The fourth-order valence-corrected chi connectivity index (χ4v) is 4.41. The summed E-state index contributed by atoms with van der Waals surface area (Å²) in [6.45, 7) is 2.33. The van der Waals surface area contributed by atoms with Crippen molar-refractivity contribution in [1.29, 1.82) is 0 Å². The van der Waals surface area contributed by atoms with Crippen molar-refractivity contribution in [3.8, 4) is 5.75 Å². The van der Waals surface area contributed by atoms with Gasteiger partial charge in [-0.05, 0) is 68.3 Å². The van der Waals surface area contributed by atoms with Crippen LogP contribution in [0.1, 0.15) is 41.8 Å². The number of hydrogen-bond donors (Lipinski definition) is 2. The highest BCUT2D eigenvalue weighted by Crippen LogP contribution is 2.25. The van der Waals surface area contributed by atoms with Crippen LogP contribution in [0.4, 0.5) is 5.69 Å². The van der Waals surface area contributed by atoms with E-state index < -0.39 is 22.1 Å². The predicted octanol–water partition coefficient (Wildman–Crippen LogP) is 4.06. The van der Waals surface area contributed by atoms with Crippen molar-refractivity contribution in [1.82, 2.24) is 5.32 Å². The first-order chi connectivity index (χ1) is 16.9. The molecular formula is C26H26N2O6S. The van der Waals surface area contributed by atoms with Crippen molar-refractivity contribution in [2.45, 2.75) is 36.8 Å². The van der Waals surface area contributed by atoms with Crippen molar-refractivity contribution >= 4 is 27.6 Å². The number of carbonyl (C=O) groups excluding carboxylic acids is 2. The van der Waals surface area contributed by atoms with Gasteiger partial charge >= 0.3 is 5.97 Å². The molecule has 1 aliphatic carbocycles. The van der Waals surface area contributed by atoms with Gasteiger partial charge in [-0.3, -0.25) is 9.52 Å². The Morgan fingerprint density at radius 2 is 1.60 bits per heavy atom. The molecule has 1 aliphatic rings. The molecular weight excluding hydrogens is 468 g/mol. The van der Waals surface area contributed by atoms with Crippen LogP contribution in [0.5, 0.6) is 5.75 Å². The number of benzene rings is 3. The molecule has 2 N–H and O–H groups in total. The van der Waals surface area contributed by atoms with Crippen LogP contribution in [0.3, 0.4) is 0 Å². The molecule has 0 spiro atoms. The van der Waals surface area contributed by atoms with Gasteiger partial charge in [0.05, 0.1) is 17.1 Å². The lowest BCUT2D eigenvalue weighted by Gasteiger charge is -2.18. The number of ether oxygens (including phenoxy) is 2. The molecule has 3 aromatic rings. The largest absolute Gasteiger partial charge is 0.494 e. The lowest BCUT2D eigenvalue weighted by Crippen LogP contribution is -2.33. The smallest absolute Gasteiger partial charge is 0.339 e. The van der Waals surface area contributed by atoms with Crippen molar-refractivity contribution in [2.75, 3.05) is 11.3 Å². The standard InChI is InChI=1S/C26H26N2O6S/c1-2-33-22-14-16-23(17-15-22)35(31,32)28-21-10-8-19(9-11-21)26(30)34-24(18-6-4-3-5-7-18)25(29)27-20-12-13-20/h3-11,14-17,20,24,28H,2,12-13H2,1H3,(H,27,29). The number of carbonyl (C=O) groups is 2. The number of amides is 1. The summed E-state index contributed by atoms with van der Waals surface area (Å²) in [6.07, 6.45) is 0.743. The fourth-order valence-electron chi connectivity index (χ4n) is 3.35. The second kappa shape index (κ2) is 10.6. The van der Waals surface area contributed by atoms with Gasteiger partial charge in [-0.25, -0.2) is 13.2 Å². The second-order valence-corrected chi connectivity index (χ2v) is 9.75. The van der Waals surface area contributed by atoms with Crippen LogP contribution in [-0.4, -0.2) is 32.9 Å². The first-order valence-electron chi connectivity index (χ1n) is 11.3. The molecule has 4 rings (SSSR count). The summed E-state index contributed by atoms with van der Waals surface area (Å²) in [5.74, 6) is -0.480. The molecule has 1 unspecified atom stereocenters. The van der Waals surface area contributed by atoms with E-state index in [0.717, 1.165) is 12.8 Å². The van der Waals surface area contributed by atoms with E-state index in [1.807, 2.05) is 13.0 Å². The van der Waals surface area contributed by atoms with Crippen LogP contribution in [0.2, 0.25) is 0 Å². The van der Waals surface area contributed by atoms with Gasteiger partial charge in [-0.2, -0.15) is 0 Å². The molecule has 0 aromatic heterocycles. The van der Waals surface area contributed by atoms with E-state index in [9.17, 15) is 18.0 Å². The maximum Gasteiger partial charge on any atom is 0.339 e. The van der Waals surface area contributed by atoms with Crippen molar-refractivity contribution in [2.24, 2.45) is 0 Å². The van der Waals surface area contributed by atoms with Crippen LogP contribution in [0.25, 0.3) is 0 Å². The van der Waals surface area contributed by atoms with Gasteiger partial charge in [-0.1, -0.05) is 30.3 Å². The summed E-state index contributed by atoms with van der Waals surface area (Å²) >= 11 is 0. The van der Waals surface area contributed by atoms with Gasteiger partial charge in [0.2, 0.25) is 6.10 Å². The normalized spacial score (nSPS) is 14.0. The minimum atomic E-state index is -3.82. The zero-order valence-electron chi connectivity index (χ0n) is 19.1. The monoisotopic (exact) mass is 494 g/mol. The van der Waals surface area contributed by atoms with E-state index in [0.29, 0.717) is 17.9 Å². The summed E-state index contributed by atoms with van der Waals surface area (Å²) in [5.41, 5.74) is 1.04. The first-order valence-corrected chi connectivity index (χ1v) is 12.8. The molecule has 1 atom stereocenters. The molecule has 0 heterocycles. The average Bonchev–Trinajstić information content (AvgIpc) is 3.67. The Kier molecular flexibility index (Phi) is 7.36. The third-order valence-corrected chi connectivity index (χ3v) is 6.70. The summed E-state index contributed by atoms with van der Waals surface area (Å²) in [5, 5.41) is 2.87. The second-order valence-electron chi connectivity index (χ2n) is 8.07. The Labute approximate surface area is 204 Å². The van der Waals surface area contributed by atoms with Crippen molar-refractivity contribution < 1.29 is 27.5 Å². The number of nitrogens with one attached hydrogen (secondary N) is 2. The quantitative estimate of drug-likeness (QED) is 0.411.